The Morgan fingerprint density at radius 3 is 2.12 bits per heavy atom. The van der Waals surface area contributed by atoms with Crippen LogP contribution in [0.3, 0.4) is 0 Å². The molecule has 0 aliphatic heterocycles. The van der Waals surface area contributed by atoms with E-state index in [-0.39, 0.29) is 17.2 Å². The lowest BCUT2D eigenvalue weighted by Gasteiger charge is -2.18. The molecule has 0 aliphatic carbocycles. The van der Waals surface area contributed by atoms with Crippen molar-refractivity contribution in [3.05, 3.63) is 59.7 Å². The summed E-state index contributed by atoms with van der Waals surface area (Å²) in [6.07, 6.45) is 0. The van der Waals surface area contributed by atoms with Crippen molar-refractivity contribution in [1.82, 2.24) is 5.32 Å². The molecule has 128 valence electrons. The molecule has 1 amide bonds. The van der Waals surface area contributed by atoms with Gasteiger partial charge < -0.3 is 10.1 Å². The van der Waals surface area contributed by atoms with Crippen molar-refractivity contribution in [3.63, 3.8) is 0 Å². The van der Waals surface area contributed by atoms with E-state index in [0.29, 0.717) is 6.61 Å². The molecule has 0 saturated heterocycles. The third-order valence-electron chi connectivity index (χ3n) is 3.61. The van der Waals surface area contributed by atoms with Crippen LogP contribution < -0.4 is 10.1 Å². The van der Waals surface area contributed by atoms with Crippen LogP contribution in [0.5, 0.6) is 5.75 Å². The number of ether oxygens (including phenoxy) is 1. The molecule has 0 spiro atoms. The minimum atomic E-state index is -0.144. The van der Waals surface area contributed by atoms with Crippen molar-refractivity contribution in [2.45, 2.75) is 43.9 Å². The first-order chi connectivity index (χ1) is 11.4. The molecule has 24 heavy (non-hydrogen) atoms. The molecule has 0 radical (unpaired) electrons. The second-order valence-electron chi connectivity index (χ2n) is 6.11. The summed E-state index contributed by atoms with van der Waals surface area (Å²) in [5, 5.41) is 2.86. The quantitative estimate of drug-likeness (QED) is 0.759. The molecule has 2 aromatic carbocycles. The lowest BCUT2D eigenvalue weighted by molar-refractivity contribution is -0.121. The SMILES string of the molecule is Cc1ccc(OC[C@@H](C)NC(=O)[C@H](C)Sc2ccc(C)cc2)cc1. The molecular weight excluding hydrogens is 318 g/mol. The number of aryl methyl sites for hydroxylation is 2. The van der Waals surface area contributed by atoms with Crippen molar-refractivity contribution in [2.24, 2.45) is 0 Å². The Bertz CT molecular complexity index is 652. The van der Waals surface area contributed by atoms with Gasteiger partial charge in [0.2, 0.25) is 5.91 Å². The first kappa shape index (κ1) is 18.4. The van der Waals surface area contributed by atoms with Gasteiger partial charge in [-0.05, 0) is 52.0 Å². The normalized spacial score (nSPS) is 13.2. The Morgan fingerprint density at radius 2 is 1.54 bits per heavy atom. The lowest BCUT2D eigenvalue weighted by Crippen LogP contribution is -2.40. The molecule has 0 unspecified atom stereocenters. The van der Waals surface area contributed by atoms with E-state index in [4.69, 9.17) is 4.74 Å². The van der Waals surface area contributed by atoms with E-state index in [9.17, 15) is 4.79 Å². The zero-order valence-corrected chi connectivity index (χ0v) is 15.5. The van der Waals surface area contributed by atoms with Gasteiger partial charge in [-0.3, -0.25) is 4.79 Å². The average molecular weight is 343 g/mol. The van der Waals surface area contributed by atoms with Crippen LogP contribution >= 0.6 is 11.8 Å². The van der Waals surface area contributed by atoms with Crippen LogP contribution in [0, 0.1) is 13.8 Å². The second-order valence-corrected chi connectivity index (χ2v) is 7.52. The highest BCUT2D eigenvalue weighted by molar-refractivity contribution is 8.00. The average Bonchev–Trinajstić information content (AvgIpc) is 2.56. The molecule has 0 saturated carbocycles. The molecule has 3 nitrogen and oxygen atoms in total. The third-order valence-corrected chi connectivity index (χ3v) is 4.72. The van der Waals surface area contributed by atoms with E-state index in [1.807, 2.05) is 57.2 Å². The van der Waals surface area contributed by atoms with E-state index < -0.39 is 0 Å². The summed E-state index contributed by atoms with van der Waals surface area (Å²) in [5.41, 5.74) is 2.42. The Balaban J connectivity index is 1.77. The summed E-state index contributed by atoms with van der Waals surface area (Å²) in [6, 6.07) is 16.1. The number of benzene rings is 2. The van der Waals surface area contributed by atoms with Crippen molar-refractivity contribution < 1.29 is 9.53 Å². The van der Waals surface area contributed by atoms with Crippen molar-refractivity contribution in [2.75, 3.05) is 6.61 Å². The lowest BCUT2D eigenvalue weighted by atomic mass is 10.2. The predicted octanol–water partition coefficient (Wildman–Crippen LogP) is 4.37. The van der Waals surface area contributed by atoms with Gasteiger partial charge in [-0.25, -0.2) is 0 Å². The molecule has 2 aromatic rings. The number of amides is 1. The minimum absolute atomic E-state index is 0.0283. The van der Waals surface area contributed by atoms with Gasteiger partial charge in [0.25, 0.3) is 0 Å². The summed E-state index contributed by atoms with van der Waals surface area (Å²) < 4.78 is 5.71. The van der Waals surface area contributed by atoms with E-state index in [1.165, 1.54) is 11.1 Å². The molecule has 2 rings (SSSR count). The first-order valence-corrected chi connectivity index (χ1v) is 9.05. The van der Waals surface area contributed by atoms with Crippen LogP contribution in [0.4, 0.5) is 0 Å². The fraction of sp³-hybridized carbons (Fsp3) is 0.350. The second kappa shape index (κ2) is 8.78. The molecule has 0 fully saturated rings. The van der Waals surface area contributed by atoms with Crippen molar-refractivity contribution >= 4 is 17.7 Å². The van der Waals surface area contributed by atoms with Crippen LogP contribution in [-0.2, 0) is 4.79 Å². The Labute approximate surface area is 148 Å². The predicted molar refractivity (Wildman–Crippen MR) is 101 cm³/mol. The highest BCUT2D eigenvalue weighted by Crippen LogP contribution is 2.23. The van der Waals surface area contributed by atoms with Gasteiger partial charge in [0.05, 0.1) is 11.3 Å². The summed E-state index contributed by atoms with van der Waals surface area (Å²) >= 11 is 1.57. The summed E-state index contributed by atoms with van der Waals surface area (Å²) in [7, 11) is 0. The molecule has 4 heteroatoms. The van der Waals surface area contributed by atoms with Crippen LogP contribution in [0.25, 0.3) is 0 Å². The van der Waals surface area contributed by atoms with E-state index >= 15 is 0 Å². The summed E-state index contributed by atoms with van der Waals surface area (Å²) in [6.45, 7) is 8.43. The Kier molecular flexibility index (Phi) is 6.73. The van der Waals surface area contributed by atoms with Gasteiger partial charge in [0, 0.05) is 4.90 Å². The van der Waals surface area contributed by atoms with E-state index in [2.05, 4.69) is 24.4 Å². The molecule has 1 N–H and O–H groups in total. The molecule has 0 aliphatic rings. The molecule has 0 aromatic heterocycles. The molecule has 0 bridgehead atoms. The van der Waals surface area contributed by atoms with Crippen LogP contribution in [-0.4, -0.2) is 23.8 Å². The van der Waals surface area contributed by atoms with Gasteiger partial charge in [0.1, 0.15) is 12.4 Å². The monoisotopic (exact) mass is 343 g/mol. The van der Waals surface area contributed by atoms with Crippen LogP contribution in [0.2, 0.25) is 0 Å². The van der Waals surface area contributed by atoms with Gasteiger partial charge in [0.15, 0.2) is 0 Å². The first-order valence-electron chi connectivity index (χ1n) is 8.17. The van der Waals surface area contributed by atoms with Gasteiger partial charge in [-0.2, -0.15) is 0 Å². The number of rotatable bonds is 7. The number of nitrogens with one attached hydrogen (secondary N) is 1. The van der Waals surface area contributed by atoms with Crippen molar-refractivity contribution in [3.8, 4) is 5.75 Å². The standard InChI is InChI=1S/C20H25NO2S/c1-14-5-9-18(10-6-14)23-13-16(3)21-20(22)17(4)24-19-11-7-15(2)8-12-19/h5-12,16-17H,13H2,1-4H3,(H,21,22)/t16-,17+/m1/s1. The highest BCUT2D eigenvalue weighted by Gasteiger charge is 2.16. The zero-order valence-electron chi connectivity index (χ0n) is 14.7. The Hall–Kier alpha value is -1.94. The van der Waals surface area contributed by atoms with E-state index in [0.717, 1.165) is 10.6 Å². The molecule has 2 atom stereocenters. The Morgan fingerprint density at radius 1 is 1.00 bits per heavy atom. The third kappa shape index (κ3) is 5.93. The van der Waals surface area contributed by atoms with E-state index in [1.54, 1.807) is 11.8 Å². The van der Waals surface area contributed by atoms with Gasteiger partial charge in [-0.15, -0.1) is 11.8 Å². The minimum Gasteiger partial charge on any atom is -0.491 e. The maximum Gasteiger partial charge on any atom is 0.233 e. The topological polar surface area (TPSA) is 38.3 Å². The number of hydrogen-bond acceptors (Lipinski definition) is 3. The van der Waals surface area contributed by atoms with Crippen molar-refractivity contribution in [1.29, 1.82) is 0 Å². The summed E-state index contributed by atoms with van der Waals surface area (Å²) in [5.74, 6) is 0.851. The summed E-state index contributed by atoms with van der Waals surface area (Å²) in [4.78, 5) is 13.4. The smallest absolute Gasteiger partial charge is 0.233 e. The largest absolute Gasteiger partial charge is 0.491 e. The highest BCUT2D eigenvalue weighted by atomic mass is 32.2. The number of thioether (sulfide) groups is 1. The van der Waals surface area contributed by atoms with Gasteiger partial charge in [-0.1, -0.05) is 35.4 Å². The fourth-order valence-electron chi connectivity index (χ4n) is 2.13. The van der Waals surface area contributed by atoms with Crippen LogP contribution in [0.15, 0.2) is 53.4 Å². The zero-order chi connectivity index (χ0) is 17.5. The van der Waals surface area contributed by atoms with Crippen LogP contribution in [0.1, 0.15) is 25.0 Å². The maximum atomic E-state index is 12.3. The molecule has 0 heterocycles. The number of carbonyl (C=O) groups is 1. The number of carbonyl (C=O) groups excluding carboxylic acids is 1. The fourth-order valence-corrected chi connectivity index (χ4v) is 3.01. The maximum absolute atomic E-state index is 12.3. The van der Waals surface area contributed by atoms with Gasteiger partial charge >= 0.3 is 0 Å². The number of hydrogen-bond donors (Lipinski definition) is 1. The molecular formula is C20H25NO2S.